The van der Waals surface area contributed by atoms with Crippen LogP contribution < -0.4 is 4.74 Å². The maximum atomic E-state index is 5.72. The summed E-state index contributed by atoms with van der Waals surface area (Å²) in [4.78, 5) is 1.29. The van der Waals surface area contributed by atoms with E-state index in [4.69, 9.17) is 4.74 Å². The lowest BCUT2D eigenvalue weighted by Crippen LogP contribution is -2.06. The van der Waals surface area contributed by atoms with Crippen molar-refractivity contribution < 1.29 is 4.74 Å². The molecule has 3 nitrogen and oxygen atoms in total. The molecule has 0 unspecified atom stereocenters. The van der Waals surface area contributed by atoms with Gasteiger partial charge in [-0.1, -0.05) is 0 Å². The van der Waals surface area contributed by atoms with Crippen LogP contribution in [0.5, 0.6) is 5.06 Å². The minimum atomic E-state index is 0.709. The SMILES string of the molecule is Cc1cc2c(s1)OCCn1ncc(C)c1-2. The van der Waals surface area contributed by atoms with Gasteiger partial charge in [0.2, 0.25) is 0 Å². The first-order valence-corrected chi connectivity index (χ1v) is 5.83. The molecule has 2 aromatic rings. The van der Waals surface area contributed by atoms with E-state index in [1.54, 1.807) is 11.3 Å². The first kappa shape index (κ1) is 8.97. The number of fused-ring (bicyclic) bond motifs is 3. The molecule has 3 rings (SSSR count). The highest BCUT2D eigenvalue weighted by atomic mass is 32.1. The van der Waals surface area contributed by atoms with Crippen molar-refractivity contribution in [2.24, 2.45) is 0 Å². The van der Waals surface area contributed by atoms with Crippen LogP contribution in [-0.2, 0) is 6.54 Å². The number of nitrogens with zero attached hydrogens (tertiary/aromatic N) is 2. The third-order valence-corrected chi connectivity index (χ3v) is 3.60. The summed E-state index contributed by atoms with van der Waals surface area (Å²) in [5, 5.41) is 5.40. The maximum Gasteiger partial charge on any atom is 0.183 e. The van der Waals surface area contributed by atoms with E-state index in [0.29, 0.717) is 6.61 Å². The molecule has 0 radical (unpaired) electrons. The maximum absolute atomic E-state index is 5.72. The van der Waals surface area contributed by atoms with Gasteiger partial charge in [-0.05, 0) is 25.5 Å². The van der Waals surface area contributed by atoms with Crippen LogP contribution in [0.15, 0.2) is 12.3 Å². The first-order valence-electron chi connectivity index (χ1n) is 5.02. The van der Waals surface area contributed by atoms with E-state index in [9.17, 15) is 0 Å². The molecular weight excluding hydrogens is 208 g/mol. The van der Waals surface area contributed by atoms with E-state index in [2.05, 4.69) is 25.0 Å². The highest BCUT2D eigenvalue weighted by Crippen LogP contribution is 2.40. The Morgan fingerprint density at radius 3 is 3.20 bits per heavy atom. The van der Waals surface area contributed by atoms with Crippen molar-refractivity contribution in [3.63, 3.8) is 0 Å². The quantitative estimate of drug-likeness (QED) is 0.682. The van der Waals surface area contributed by atoms with Crippen molar-refractivity contribution in [1.29, 1.82) is 0 Å². The number of aromatic nitrogens is 2. The number of rotatable bonds is 0. The summed E-state index contributed by atoms with van der Waals surface area (Å²) < 4.78 is 7.76. The predicted octanol–water partition coefficient (Wildman–Crippen LogP) is 2.62. The topological polar surface area (TPSA) is 27.1 Å². The van der Waals surface area contributed by atoms with Crippen LogP contribution in [0.2, 0.25) is 0 Å². The number of hydrogen-bond donors (Lipinski definition) is 0. The molecule has 1 aliphatic heterocycles. The van der Waals surface area contributed by atoms with Gasteiger partial charge in [0.25, 0.3) is 0 Å². The molecule has 15 heavy (non-hydrogen) atoms. The van der Waals surface area contributed by atoms with Crippen LogP contribution in [0.4, 0.5) is 0 Å². The molecule has 4 heteroatoms. The molecule has 0 saturated heterocycles. The van der Waals surface area contributed by atoms with Crippen LogP contribution in [0.1, 0.15) is 10.4 Å². The summed E-state index contributed by atoms with van der Waals surface area (Å²) in [5.41, 5.74) is 3.64. The van der Waals surface area contributed by atoms with E-state index in [1.165, 1.54) is 21.7 Å². The molecule has 0 fully saturated rings. The number of aryl methyl sites for hydroxylation is 2. The van der Waals surface area contributed by atoms with Crippen molar-refractivity contribution in [2.75, 3.05) is 6.61 Å². The normalized spacial score (nSPS) is 14.0. The molecule has 0 bridgehead atoms. The molecule has 2 aromatic heterocycles. The molecule has 78 valence electrons. The Morgan fingerprint density at radius 2 is 2.33 bits per heavy atom. The minimum absolute atomic E-state index is 0.709. The molecular formula is C11H12N2OS. The Bertz CT molecular complexity index is 513. The van der Waals surface area contributed by atoms with Crippen LogP contribution >= 0.6 is 11.3 Å². The largest absolute Gasteiger partial charge is 0.481 e. The van der Waals surface area contributed by atoms with Gasteiger partial charge in [0.1, 0.15) is 6.61 Å². The number of hydrogen-bond acceptors (Lipinski definition) is 3. The second kappa shape index (κ2) is 3.10. The summed E-state index contributed by atoms with van der Waals surface area (Å²) in [7, 11) is 0. The zero-order valence-electron chi connectivity index (χ0n) is 8.78. The van der Waals surface area contributed by atoms with Gasteiger partial charge in [0, 0.05) is 4.88 Å². The van der Waals surface area contributed by atoms with E-state index in [-0.39, 0.29) is 0 Å². The molecule has 0 atom stereocenters. The fraction of sp³-hybridized carbons (Fsp3) is 0.364. The van der Waals surface area contributed by atoms with Crippen molar-refractivity contribution in [3.05, 3.63) is 22.7 Å². The average Bonchev–Trinajstić information content (AvgIpc) is 2.67. The van der Waals surface area contributed by atoms with Gasteiger partial charge in [-0.3, -0.25) is 4.68 Å². The second-order valence-electron chi connectivity index (χ2n) is 3.81. The molecule has 3 heterocycles. The molecule has 0 N–H and O–H groups in total. The molecule has 0 aromatic carbocycles. The van der Waals surface area contributed by atoms with Crippen LogP contribution in [0.25, 0.3) is 11.3 Å². The summed E-state index contributed by atoms with van der Waals surface area (Å²) in [5.74, 6) is 0. The van der Waals surface area contributed by atoms with Gasteiger partial charge in [-0.2, -0.15) is 5.10 Å². The molecule has 0 amide bonds. The van der Waals surface area contributed by atoms with Crippen LogP contribution in [0, 0.1) is 13.8 Å². The zero-order chi connectivity index (χ0) is 10.4. The van der Waals surface area contributed by atoms with E-state index >= 15 is 0 Å². The van der Waals surface area contributed by atoms with E-state index in [1.807, 2.05) is 10.9 Å². The van der Waals surface area contributed by atoms with Crippen molar-refractivity contribution in [2.45, 2.75) is 20.4 Å². The van der Waals surface area contributed by atoms with Crippen molar-refractivity contribution in [3.8, 4) is 16.3 Å². The third-order valence-electron chi connectivity index (χ3n) is 2.63. The lowest BCUT2D eigenvalue weighted by molar-refractivity contribution is 0.308. The Morgan fingerprint density at radius 1 is 1.47 bits per heavy atom. The monoisotopic (exact) mass is 220 g/mol. The molecule has 1 aliphatic rings. The van der Waals surface area contributed by atoms with Gasteiger partial charge >= 0.3 is 0 Å². The van der Waals surface area contributed by atoms with Crippen molar-refractivity contribution in [1.82, 2.24) is 9.78 Å². The third kappa shape index (κ3) is 1.28. The fourth-order valence-electron chi connectivity index (χ4n) is 1.99. The van der Waals surface area contributed by atoms with Gasteiger partial charge in [-0.25, -0.2) is 0 Å². The van der Waals surface area contributed by atoms with Crippen LogP contribution in [-0.4, -0.2) is 16.4 Å². The predicted molar refractivity (Wildman–Crippen MR) is 60.5 cm³/mol. The standard InChI is InChI=1S/C11H12N2OS/c1-7-6-12-13-3-4-14-11-9(10(7)13)5-8(2)15-11/h5-6H,3-4H2,1-2H3. The molecule has 0 aliphatic carbocycles. The summed E-state index contributed by atoms with van der Waals surface area (Å²) >= 11 is 1.72. The zero-order valence-corrected chi connectivity index (χ0v) is 9.60. The highest BCUT2D eigenvalue weighted by molar-refractivity contribution is 7.14. The first-order chi connectivity index (χ1) is 7.25. The highest BCUT2D eigenvalue weighted by Gasteiger charge is 2.20. The van der Waals surface area contributed by atoms with Gasteiger partial charge in [0.05, 0.1) is 24.0 Å². The summed E-state index contributed by atoms with van der Waals surface area (Å²) in [6.07, 6.45) is 1.93. The number of ether oxygens (including phenoxy) is 1. The summed E-state index contributed by atoms with van der Waals surface area (Å²) in [6, 6.07) is 2.19. The Kier molecular flexibility index (Phi) is 1.85. The average molecular weight is 220 g/mol. The lowest BCUT2D eigenvalue weighted by Gasteiger charge is -2.01. The lowest BCUT2D eigenvalue weighted by atomic mass is 10.1. The Hall–Kier alpha value is -1.29. The van der Waals surface area contributed by atoms with Gasteiger partial charge < -0.3 is 4.74 Å². The van der Waals surface area contributed by atoms with Crippen molar-refractivity contribution >= 4 is 11.3 Å². The Labute approximate surface area is 92.3 Å². The van der Waals surface area contributed by atoms with Gasteiger partial charge in [0.15, 0.2) is 5.06 Å². The minimum Gasteiger partial charge on any atom is -0.481 e. The Balaban J connectivity index is 2.29. The van der Waals surface area contributed by atoms with E-state index in [0.717, 1.165) is 11.6 Å². The van der Waals surface area contributed by atoms with E-state index < -0.39 is 0 Å². The van der Waals surface area contributed by atoms with Crippen LogP contribution in [0.3, 0.4) is 0 Å². The smallest absolute Gasteiger partial charge is 0.183 e. The molecule has 0 saturated carbocycles. The summed E-state index contributed by atoms with van der Waals surface area (Å²) in [6.45, 7) is 5.75. The number of thiophene rings is 1. The fourth-order valence-corrected chi connectivity index (χ4v) is 2.87. The van der Waals surface area contributed by atoms with Gasteiger partial charge in [-0.15, -0.1) is 11.3 Å². The second-order valence-corrected chi connectivity index (χ2v) is 5.02. The molecule has 0 spiro atoms.